The standard InChI is InChI=1S/C18H17N5O2.ClH/c1-11-6-7-19-10-13(11)17(24)22-18-21-15-12(4-3-5-14(15)25-2)16-20-8-9-23(16)18;/h3-7,10,20H,8-9H2,1-2H3;1H. The molecule has 26 heavy (non-hydrogen) atoms. The molecule has 0 radical (unpaired) electrons. The number of nitrogens with zero attached hydrogens (tertiary/aromatic N) is 4. The third kappa shape index (κ3) is 2.90. The number of para-hydroxylation sites is 1. The first-order valence-corrected chi connectivity index (χ1v) is 8.00. The second-order valence-corrected chi connectivity index (χ2v) is 5.80. The van der Waals surface area contributed by atoms with Gasteiger partial charge in [0.2, 0.25) is 5.62 Å². The summed E-state index contributed by atoms with van der Waals surface area (Å²) in [4.78, 5) is 25.5. The van der Waals surface area contributed by atoms with Crippen LogP contribution in [0.1, 0.15) is 15.9 Å². The Labute approximate surface area is 156 Å². The predicted molar refractivity (Wildman–Crippen MR) is 101 cm³/mol. The van der Waals surface area contributed by atoms with Crippen molar-refractivity contribution in [2.75, 3.05) is 19.0 Å². The topological polar surface area (TPSA) is 81.4 Å². The zero-order chi connectivity index (χ0) is 17.4. The first kappa shape index (κ1) is 17.9. The maximum absolute atomic E-state index is 12.6. The number of aromatic nitrogens is 3. The maximum Gasteiger partial charge on any atom is 0.282 e. The van der Waals surface area contributed by atoms with E-state index < -0.39 is 0 Å². The molecule has 134 valence electrons. The lowest BCUT2D eigenvalue weighted by atomic mass is 10.1. The van der Waals surface area contributed by atoms with Gasteiger partial charge in [-0.25, -0.2) is 4.98 Å². The van der Waals surface area contributed by atoms with Gasteiger partial charge in [0, 0.05) is 30.9 Å². The number of anilines is 1. The number of amides is 1. The summed E-state index contributed by atoms with van der Waals surface area (Å²) < 4.78 is 7.34. The van der Waals surface area contributed by atoms with E-state index in [0.717, 1.165) is 23.3 Å². The van der Waals surface area contributed by atoms with Crippen LogP contribution in [-0.4, -0.2) is 34.1 Å². The highest BCUT2D eigenvalue weighted by Crippen LogP contribution is 2.29. The molecule has 1 aliphatic rings. The van der Waals surface area contributed by atoms with Gasteiger partial charge < -0.3 is 10.1 Å². The molecule has 4 rings (SSSR count). The zero-order valence-electron chi connectivity index (χ0n) is 14.4. The van der Waals surface area contributed by atoms with Crippen molar-refractivity contribution in [1.29, 1.82) is 0 Å². The Kier molecular flexibility index (Phi) is 4.90. The molecule has 1 aliphatic heterocycles. The van der Waals surface area contributed by atoms with Crippen molar-refractivity contribution < 1.29 is 9.53 Å². The van der Waals surface area contributed by atoms with Crippen LogP contribution >= 0.6 is 12.4 Å². The third-order valence-corrected chi connectivity index (χ3v) is 4.30. The predicted octanol–water partition coefficient (Wildman–Crippen LogP) is 2.34. The summed E-state index contributed by atoms with van der Waals surface area (Å²) in [5, 5.41) is 4.29. The number of benzene rings is 1. The molecule has 8 heteroatoms. The molecular formula is C18H18ClN5O2. The molecule has 0 unspecified atom stereocenters. The minimum absolute atomic E-state index is 0. The van der Waals surface area contributed by atoms with E-state index in [1.807, 2.05) is 29.7 Å². The number of hydrogen-bond donors (Lipinski definition) is 1. The first-order chi connectivity index (χ1) is 12.2. The van der Waals surface area contributed by atoms with Crippen LogP contribution in [0.4, 0.5) is 5.82 Å². The fourth-order valence-corrected chi connectivity index (χ4v) is 3.01. The summed E-state index contributed by atoms with van der Waals surface area (Å²) in [6.45, 7) is 3.33. The highest BCUT2D eigenvalue weighted by Gasteiger charge is 2.18. The van der Waals surface area contributed by atoms with E-state index in [4.69, 9.17) is 4.74 Å². The summed E-state index contributed by atoms with van der Waals surface area (Å²) >= 11 is 0. The largest absolute Gasteiger partial charge is 0.494 e. The van der Waals surface area contributed by atoms with Crippen LogP contribution < -0.4 is 15.7 Å². The van der Waals surface area contributed by atoms with E-state index in [2.05, 4.69) is 20.3 Å². The molecule has 0 fully saturated rings. The highest BCUT2D eigenvalue weighted by molar-refractivity contribution is 5.96. The van der Waals surface area contributed by atoms with Crippen molar-refractivity contribution in [3.8, 4) is 5.75 Å². The summed E-state index contributed by atoms with van der Waals surface area (Å²) in [5.41, 5.74) is 2.36. The van der Waals surface area contributed by atoms with E-state index in [1.165, 1.54) is 6.20 Å². The Morgan fingerprint density at radius 3 is 2.96 bits per heavy atom. The fourth-order valence-electron chi connectivity index (χ4n) is 3.01. The lowest BCUT2D eigenvalue weighted by Gasteiger charge is -2.10. The number of rotatable bonds is 2. The monoisotopic (exact) mass is 371 g/mol. The molecular weight excluding hydrogens is 354 g/mol. The molecule has 0 spiro atoms. The van der Waals surface area contributed by atoms with Gasteiger partial charge in [0.15, 0.2) is 0 Å². The van der Waals surface area contributed by atoms with Gasteiger partial charge in [0.25, 0.3) is 5.91 Å². The van der Waals surface area contributed by atoms with E-state index in [-0.39, 0.29) is 18.3 Å². The second-order valence-electron chi connectivity index (χ2n) is 5.80. The summed E-state index contributed by atoms with van der Waals surface area (Å²) in [7, 11) is 1.60. The molecule has 1 N–H and O–H groups in total. The van der Waals surface area contributed by atoms with Crippen molar-refractivity contribution in [2.45, 2.75) is 13.5 Å². The molecule has 2 aromatic heterocycles. The van der Waals surface area contributed by atoms with E-state index >= 15 is 0 Å². The van der Waals surface area contributed by atoms with Gasteiger partial charge >= 0.3 is 0 Å². The quantitative estimate of drug-likeness (QED) is 0.747. The van der Waals surface area contributed by atoms with Gasteiger partial charge in [-0.3, -0.25) is 14.3 Å². The Balaban J connectivity index is 0.00000196. The van der Waals surface area contributed by atoms with Gasteiger partial charge in [0.05, 0.1) is 12.7 Å². The molecule has 0 saturated carbocycles. The minimum atomic E-state index is -0.353. The van der Waals surface area contributed by atoms with Crippen LogP contribution in [-0.2, 0) is 6.54 Å². The molecule has 1 amide bonds. The summed E-state index contributed by atoms with van der Waals surface area (Å²) in [6, 6.07) is 7.54. The molecule has 3 heterocycles. The molecule has 0 atom stereocenters. The SMILES string of the molecule is COc1cccc2c3n(c(=NC(=O)c4cnccc4C)nc12)CCN3.Cl. The number of ether oxygens (including phenoxy) is 1. The highest BCUT2D eigenvalue weighted by atomic mass is 35.5. The Morgan fingerprint density at radius 2 is 2.19 bits per heavy atom. The van der Waals surface area contributed by atoms with Gasteiger partial charge in [-0.05, 0) is 30.7 Å². The molecule has 7 nitrogen and oxygen atoms in total. The number of hydrogen-bond acceptors (Lipinski definition) is 5. The van der Waals surface area contributed by atoms with E-state index in [0.29, 0.717) is 29.0 Å². The first-order valence-electron chi connectivity index (χ1n) is 8.00. The zero-order valence-corrected chi connectivity index (χ0v) is 15.2. The smallest absolute Gasteiger partial charge is 0.282 e. The summed E-state index contributed by atoms with van der Waals surface area (Å²) in [5.74, 6) is 1.20. The number of nitrogens with one attached hydrogen (secondary N) is 1. The van der Waals surface area contributed by atoms with E-state index in [9.17, 15) is 4.79 Å². The number of pyridine rings is 1. The average Bonchev–Trinajstić information content (AvgIpc) is 3.12. The van der Waals surface area contributed by atoms with E-state index in [1.54, 1.807) is 19.4 Å². The normalized spacial score (nSPS) is 13.1. The third-order valence-electron chi connectivity index (χ3n) is 4.30. The molecule has 1 aromatic carbocycles. The van der Waals surface area contributed by atoms with Crippen molar-refractivity contribution in [1.82, 2.24) is 14.5 Å². The average molecular weight is 372 g/mol. The van der Waals surface area contributed by atoms with Crippen molar-refractivity contribution >= 4 is 35.0 Å². The van der Waals surface area contributed by atoms with Crippen LogP contribution in [0.15, 0.2) is 41.7 Å². The second kappa shape index (κ2) is 7.13. The molecule has 0 bridgehead atoms. The van der Waals surface area contributed by atoms with Crippen molar-refractivity contribution in [3.63, 3.8) is 0 Å². The number of carbonyl (C=O) groups is 1. The number of methoxy groups -OCH3 is 1. The number of carbonyl (C=O) groups excluding carboxylic acids is 1. The summed E-state index contributed by atoms with van der Waals surface area (Å²) in [6.07, 6.45) is 3.19. The lowest BCUT2D eigenvalue weighted by Crippen LogP contribution is -2.25. The van der Waals surface area contributed by atoms with Gasteiger partial charge in [0.1, 0.15) is 17.1 Å². The molecule has 0 saturated heterocycles. The Hall–Kier alpha value is -2.93. The number of aryl methyl sites for hydroxylation is 1. The minimum Gasteiger partial charge on any atom is -0.494 e. The Bertz CT molecular complexity index is 1060. The fraction of sp³-hybridized carbons (Fsp3) is 0.222. The van der Waals surface area contributed by atoms with Gasteiger partial charge in [-0.15, -0.1) is 12.4 Å². The van der Waals surface area contributed by atoms with Crippen LogP contribution in [0, 0.1) is 6.92 Å². The van der Waals surface area contributed by atoms with Crippen LogP contribution in [0.2, 0.25) is 0 Å². The maximum atomic E-state index is 12.6. The lowest BCUT2D eigenvalue weighted by molar-refractivity contribution is 0.0995. The van der Waals surface area contributed by atoms with Gasteiger partial charge in [-0.1, -0.05) is 6.07 Å². The van der Waals surface area contributed by atoms with Crippen LogP contribution in [0.5, 0.6) is 5.75 Å². The van der Waals surface area contributed by atoms with Crippen molar-refractivity contribution in [2.24, 2.45) is 4.99 Å². The molecule has 3 aromatic rings. The Morgan fingerprint density at radius 1 is 1.35 bits per heavy atom. The molecule has 0 aliphatic carbocycles. The number of halogens is 1. The van der Waals surface area contributed by atoms with Gasteiger partial charge in [-0.2, -0.15) is 4.99 Å². The van der Waals surface area contributed by atoms with Crippen LogP contribution in [0.3, 0.4) is 0 Å². The van der Waals surface area contributed by atoms with Crippen LogP contribution in [0.25, 0.3) is 10.9 Å². The number of fused-ring (bicyclic) bond motifs is 3. The van der Waals surface area contributed by atoms with Crippen molar-refractivity contribution in [3.05, 3.63) is 53.4 Å².